The summed E-state index contributed by atoms with van der Waals surface area (Å²) in [7, 11) is 1.88. The lowest BCUT2D eigenvalue weighted by Gasteiger charge is -2.10. The van der Waals surface area contributed by atoms with Gasteiger partial charge in [-0.2, -0.15) is 12.6 Å². The largest absolute Gasteiger partial charge is 0.354 e. The van der Waals surface area contributed by atoms with Gasteiger partial charge in [0, 0.05) is 12.3 Å². The smallest absolute Gasteiger partial charge is 0.236 e. The summed E-state index contributed by atoms with van der Waals surface area (Å²) in [5, 5.41) is 5.70. The fourth-order valence-corrected chi connectivity index (χ4v) is 1.05. The van der Waals surface area contributed by atoms with Crippen LogP contribution in [0.15, 0.2) is 0 Å². The van der Waals surface area contributed by atoms with Gasteiger partial charge in [0.1, 0.15) is 0 Å². The van der Waals surface area contributed by atoms with Crippen molar-refractivity contribution < 1.29 is 4.79 Å². The third-order valence-corrected chi connectivity index (χ3v) is 1.91. The van der Waals surface area contributed by atoms with E-state index in [2.05, 4.69) is 37.1 Å². The number of carbonyl (C=O) groups excluding carboxylic acids is 1. The number of nitrogens with one attached hydrogen (secondary N) is 2. The first kappa shape index (κ1) is 18.1. The molecule has 0 saturated carbocycles. The lowest BCUT2D eigenvalue weighted by atomic mass is 10.1. The number of amides is 1. The molecule has 0 radical (unpaired) electrons. The second kappa shape index (κ2) is 14.7. The third kappa shape index (κ3) is 13.7. The molecule has 0 saturated heterocycles. The average Bonchev–Trinajstić information content (AvgIpc) is 2.27. The quantitative estimate of drug-likeness (QED) is 0.398. The van der Waals surface area contributed by atoms with E-state index >= 15 is 0 Å². The Bertz CT molecular complexity index is 156. The van der Waals surface area contributed by atoms with E-state index in [0.717, 1.165) is 19.4 Å². The summed E-state index contributed by atoms with van der Waals surface area (Å²) in [6, 6.07) is -0.381. The van der Waals surface area contributed by atoms with E-state index in [-0.39, 0.29) is 11.9 Å². The number of hydrogen-bond acceptors (Lipinski definition) is 4. The van der Waals surface area contributed by atoms with Crippen molar-refractivity contribution in [3.05, 3.63) is 0 Å². The molecule has 0 rings (SSSR count). The number of hydrogen-bond donors (Lipinski definition) is 4. The molecule has 1 amide bonds. The Kier molecular flexibility index (Phi) is 16.7. The minimum absolute atomic E-state index is 0.0786. The van der Waals surface area contributed by atoms with E-state index in [1.807, 2.05) is 7.05 Å². The van der Waals surface area contributed by atoms with Gasteiger partial charge in [0.05, 0.1) is 6.04 Å². The van der Waals surface area contributed by atoms with E-state index in [9.17, 15) is 4.79 Å². The normalized spacial score (nSPS) is 11.3. The van der Waals surface area contributed by atoms with Crippen molar-refractivity contribution in [1.29, 1.82) is 0 Å². The van der Waals surface area contributed by atoms with E-state index < -0.39 is 0 Å². The number of rotatable bonds is 7. The summed E-state index contributed by atoms with van der Waals surface area (Å²) in [6.07, 6.45) is 2.89. The minimum atomic E-state index is -0.381. The molecule has 0 aliphatic rings. The van der Waals surface area contributed by atoms with Crippen LogP contribution in [0.5, 0.6) is 0 Å². The molecular weight excluding hydrogens is 222 g/mol. The lowest BCUT2D eigenvalue weighted by molar-refractivity contribution is -0.122. The van der Waals surface area contributed by atoms with Gasteiger partial charge >= 0.3 is 0 Å². The number of thiol groups is 1. The lowest BCUT2D eigenvalue weighted by Crippen LogP contribution is -2.41. The molecule has 0 aliphatic heterocycles. The van der Waals surface area contributed by atoms with Crippen molar-refractivity contribution in [3.8, 4) is 0 Å². The standard InChI is InChI=1S/C8H19N3OS.C3H8/c1-10-4-2-3-7(9)8(12)11-5-6-13;1-3-2/h7,10,13H,2-6,9H2,1H3,(H,11,12);3H2,1-2H3/t7-;/m0./s1. The van der Waals surface area contributed by atoms with Gasteiger partial charge in [0.15, 0.2) is 0 Å². The summed E-state index contributed by atoms with van der Waals surface area (Å²) in [5.74, 6) is 0.569. The summed E-state index contributed by atoms with van der Waals surface area (Å²) in [6.45, 7) is 5.73. The maximum atomic E-state index is 11.2. The monoisotopic (exact) mass is 249 g/mol. The predicted molar refractivity (Wildman–Crippen MR) is 74.0 cm³/mol. The fraction of sp³-hybridized carbons (Fsp3) is 0.909. The Morgan fingerprint density at radius 3 is 2.38 bits per heavy atom. The Labute approximate surface area is 105 Å². The maximum absolute atomic E-state index is 11.2. The van der Waals surface area contributed by atoms with Gasteiger partial charge in [-0.1, -0.05) is 20.3 Å². The Morgan fingerprint density at radius 1 is 1.38 bits per heavy atom. The molecule has 98 valence electrons. The molecule has 4 N–H and O–H groups in total. The van der Waals surface area contributed by atoms with Gasteiger partial charge in [-0.25, -0.2) is 0 Å². The second-order valence-corrected chi connectivity index (χ2v) is 4.02. The number of carbonyl (C=O) groups is 1. The highest BCUT2D eigenvalue weighted by atomic mass is 32.1. The summed E-state index contributed by atoms with van der Waals surface area (Å²) < 4.78 is 0. The second-order valence-electron chi connectivity index (χ2n) is 3.57. The highest BCUT2D eigenvalue weighted by molar-refractivity contribution is 7.80. The Morgan fingerprint density at radius 2 is 1.94 bits per heavy atom. The van der Waals surface area contributed by atoms with Gasteiger partial charge in [0.2, 0.25) is 5.91 Å². The van der Waals surface area contributed by atoms with Crippen molar-refractivity contribution in [1.82, 2.24) is 10.6 Å². The molecule has 0 aromatic rings. The summed E-state index contributed by atoms with van der Waals surface area (Å²) in [5.41, 5.74) is 5.63. The zero-order valence-electron chi connectivity index (χ0n) is 10.8. The van der Waals surface area contributed by atoms with Gasteiger partial charge in [0.25, 0.3) is 0 Å². The molecule has 0 fully saturated rings. The van der Waals surface area contributed by atoms with Crippen LogP contribution in [0.2, 0.25) is 0 Å². The Balaban J connectivity index is 0. The topological polar surface area (TPSA) is 67.1 Å². The van der Waals surface area contributed by atoms with Crippen molar-refractivity contribution in [2.24, 2.45) is 5.73 Å². The summed E-state index contributed by atoms with van der Waals surface area (Å²) >= 11 is 3.98. The Hall–Kier alpha value is -0.260. The molecule has 5 heteroatoms. The molecule has 0 unspecified atom stereocenters. The molecule has 4 nitrogen and oxygen atoms in total. The van der Waals surface area contributed by atoms with Crippen molar-refractivity contribution in [2.75, 3.05) is 25.9 Å². The highest BCUT2D eigenvalue weighted by Gasteiger charge is 2.11. The van der Waals surface area contributed by atoms with Crippen molar-refractivity contribution in [2.45, 2.75) is 39.2 Å². The minimum Gasteiger partial charge on any atom is -0.354 e. The van der Waals surface area contributed by atoms with E-state index in [0.29, 0.717) is 12.3 Å². The van der Waals surface area contributed by atoms with Gasteiger partial charge in [-0.05, 0) is 26.4 Å². The van der Waals surface area contributed by atoms with Crippen LogP contribution in [0.3, 0.4) is 0 Å². The fourth-order valence-electron chi connectivity index (χ4n) is 0.940. The van der Waals surface area contributed by atoms with Crippen LogP contribution in [-0.2, 0) is 4.79 Å². The van der Waals surface area contributed by atoms with Crippen LogP contribution in [-0.4, -0.2) is 37.8 Å². The average molecular weight is 249 g/mol. The zero-order valence-corrected chi connectivity index (χ0v) is 11.6. The molecule has 1 atom stereocenters. The van der Waals surface area contributed by atoms with Gasteiger partial charge in [-0.15, -0.1) is 0 Å². The highest BCUT2D eigenvalue weighted by Crippen LogP contribution is 1.93. The first-order valence-corrected chi connectivity index (χ1v) is 6.55. The van der Waals surface area contributed by atoms with Crippen molar-refractivity contribution >= 4 is 18.5 Å². The van der Waals surface area contributed by atoms with E-state index in [4.69, 9.17) is 5.73 Å². The van der Waals surface area contributed by atoms with Crippen LogP contribution in [0.4, 0.5) is 0 Å². The zero-order chi connectivity index (χ0) is 12.8. The third-order valence-electron chi connectivity index (χ3n) is 1.69. The molecule has 16 heavy (non-hydrogen) atoms. The molecule has 0 aromatic heterocycles. The van der Waals surface area contributed by atoms with E-state index in [1.54, 1.807) is 0 Å². The van der Waals surface area contributed by atoms with Crippen LogP contribution in [0, 0.1) is 0 Å². The predicted octanol–water partition coefficient (Wildman–Crippen LogP) is 0.776. The molecule has 0 bridgehead atoms. The molecule has 0 aliphatic carbocycles. The van der Waals surface area contributed by atoms with E-state index in [1.165, 1.54) is 6.42 Å². The molecule has 0 heterocycles. The van der Waals surface area contributed by atoms with Crippen LogP contribution < -0.4 is 16.4 Å². The van der Waals surface area contributed by atoms with Crippen LogP contribution in [0.1, 0.15) is 33.1 Å². The molecular formula is C11H27N3OS. The van der Waals surface area contributed by atoms with Gasteiger partial charge < -0.3 is 16.4 Å². The van der Waals surface area contributed by atoms with Crippen LogP contribution >= 0.6 is 12.6 Å². The first-order chi connectivity index (χ1) is 7.63. The number of nitrogens with two attached hydrogens (primary N) is 1. The summed E-state index contributed by atoms with van der Waals surface area (Å²) in [4.78, 5) is 11.2. The first-order valence-electron chi connectivity index (χ1n) is 5.92. The SMILES string of the molecule is CCC.CNCCC[C@H](N)C(=O)NCCS. The van der Waals surface area contributed by atoms with Gasteiger partial charge in [-0.3, -0.25) is 4.79 Å². The van der Waals surface area contributed by atoms with Crippen LogP contribution in [0.25, 0.3) is 0 Å². The maximum Gasteiger partial charge on any atom is 0.236 e. The molecule has 0 spiro atoms. The van der Waals surface area contributed by atoms with Crippen molar-refractivity contribution in [3.63, 3.8) is 0 Å². The molecule has 0 aromatic carbocycles.